The van der Waals surface area contributed by atoms with Crippen molar-refractivity contribution in [3.05, 3.63) is 42.0 Å². The second-order valence-electron chi connectivity index (χ2n) is 8.24. The number of hydrogen-bond donors (Lipinski definition) is 0. The van der Waals surface area contributed by atoms with Gasteiger partial charge in [0.1, 0.15) is 0 Å². The van der Waals surface area contributed by atoms with Crippen LogP contribution < -0.4 is 5.19 Å². The summed E-state index contributed by atoms with van der Waals surface area (Å²) in [4.78, 5) is 2.52. The summed E-state index contributed by atoms with van der Waals surface area (Å²) < 4.78 is 44.7. The van der Waals surface area contributed by atoms with Crippen LogP contribution in [0.3, 0.4) is 0 Å². The Morgan fingerprint density at radius 3 is 2.38 bits per heavy atom. The molecule has 0 aromatic heterocycles. The van der Waals surface area contributed by atoms with Gasteiger partial charge in [0, 0.05) is 13.1 Å². The number of hydrogen-bond acceptors (Lipinski definition) is 2. The highest BCUT2D eigenvalue weighted by Crippen LogP contribution is 2.27. The summed E-state index contributed by atoms with van der Waals surface area (Å²) in [5, 5.41) is 0.522. The van der Waals surface area contributed by atoms with Crippen LogP contribution >= 0.6 is 0 Å². The molecule has 2 atom stereocenters. The minimum absolute atomic E-state index is 0.343. The maximum atomic E-state index is 13.0. The molecule has 2 rings (SSSR count). The summed E-state index contributed by atoms with van der Waals surface area (Å²) >= 11 is 0. The van der Waals surface area contributed by atoms with Crippen molar-refractivity contribution in [3.8, 4) is 0 Å². The molecule has 1 aromatic rings. The molecule has 1 fully saturated rings. The zero-order valence-corrected chi connectivity index (χ0v) is 19.3. The van der Waals surface area contributed by atoms with Crippen molar-refractivity contribution >= 4 is 14.7 Å². The van der Waals surface area contributed by atoms with Gasteiger partial charge in [0.15, 0.2) is 0 Å². The molecule has 2 unspecified atom stereocenters. The van der Waals surface area contributed by atoms with E-state index in [1.54, 1.807) is 12.1 Å². The van der Waals surface area contributed by atoms with E-state index in [1.165, 1.54) is 50.8 Å². The largest absolute Gasteiger partial charge is 0.416 e. The van der Waals surface area contributed by atoms with Gasteiger partial charge in [0.2, 0.25) is 0 Å². The van der Waals surface area contributed by atoms with E-state index >= 15 is 0 Å². The van der Waals surface area contributed by atoms with E-state index in [2.05, 4.69) is 30.9 Å². The van der Waals surface area contributed by atoms with E-state index in [0.717, 1.165) is 25.6 Å². The Hall–Kier alpha value is -1.11. The van der Waals surface area contributed by atoms with Gasteiger partial charge in [-0.05, 0) is 45.7 Å². The molecular weight excluding hydrogens is 391 g/mol. The predicted octanol–water partition coefficient (Wildman–Crippen LogP) is 4.92. The highest BCUT2D eigenvalue weighted by molar-refractivity contribution is 6.54. The lowest BCUT2D eigenvalue weighted by molar-refractivity contribution is -0.136. The first-order chi connectivity index (χ1) is 13.9. The molecule has 1 aliphatic rings. The van der Waals surface area contributed by atoms with Crippen LogP contribution in [-0.4, -0.2) is 46.3 Å². The Kier molecular flexibility index (Phi) is 10.5. The smallest absolute Gasteiger partial charge is 0.373 e. The van der Waals surface area contributed by atoms with Crippen molar-refractivity contribution in [2.24, 2.45) is 0 Å². The maximum Gasteiger partial charge on any atom is 0.416 e. The highest BCUT2D eigenvalue weighted by Gasteiger charge is 2.32. The van der Waals surface area contributed by atoms with Gasteiger partial charge in [-0.3, -0.25) is 4.90 Å². The Balaban J connectivity index is 1.49. The van der Waals surface area contributed by atoms with Crippen molar-refractivity contribution < 1.29 is 17.9 Å². The van der Waals surface area contributed by atoms with Gasteiger partial charge >= 0.3 is 6.18 Å². The third-order valence-corrected chi connectivity index (χ3v) is 7.19. The van der Waals surface area contributed by atoms with E-state index in [0.29, 0.717) is 17.4 Å². The summed E-state index contributed by atoms with van der Waals surface area (Å²) in [5.41, 5.74) is -0.443. The molecule has 0 bridgehead atoms. The fourth-order valence-corrected chi connectivity index (χ4v) is 5.69. The average molecular weight is 428 g/mol. The number of allylic oxidation sites excluding steroid dienone is 2. The van der Waals surface area contributed by atoms with Crippen LogP contribution in [0.25, 0.3) is 0 Å². The average Bonchev–Trinajstić information content (AvgIpc) is 2.65. The highest BCUT2D eigenvalue weighted by atomic mass is 28.2. The van der Waals surface area contributed by atoms with Crippen LogP contribution in [-0.2, 0) is 10.9 Å². The molecule has 0 amide bonds. The quantitative estimate of drug-likeness (QED) is 0.282. The van der Waals surface area contributed by atoms with Gasteiger partial charge in [0.25, 0.3) is 0 Å². The normalized spacial score (nSPS) is 21.6. The van der Waals surface area contributed by atoms with Gasteiger partial charge in [0.05, 0.1) is 27.3 Å². The van der Waals surface area contributed by atoms with Gasteiger partial charge < -0.3 is 4.74 Å². The van der Waals surface area contributed by atoms with Crippen LogP contribution in [0, 0.1) is 0 Å². The fourth-order valence-electron chi connectivity index (χ4n) is 4.08. The summed E-state index contributed by atoms with van der Waals surface area (Å²) in [6.45, 7) is 7.56. The number of alkyl halides is 3. The molecule has 29 heavy (non-hydrogen) atoms. The second-order valence-corrected chi connectivity index (χ2v) is 10.1. The Morgan fingerprint density at radius 2 is 1.66 bits per heavy atom. The van der Waals surface area contributed by atoms with E-state index in [9.17, 15) is 13.2 Å². The molecule has 6 heteroatoms. The summed E-state index contributed by atoms with van der Waals surface area (Å²) in [6.07, 6.45) is 7.91. The lowest BCUT2D eigenvalue weighted by Gasteiger charge is -2.35. The number of morpholine rings is 1. The summed E-state index contributed by atoms with van der Waals surface area (Å²) in [6, 6.07) is 6.82. The minimum Gasteiger partial charge on any atom is -0.373 e. The third kappa shape index (κ3) is 9.49. The number of halogens is 3. The third-order valence-electron chi connectivity index (χ3n) is 5.41. The zero-order chi connectivity index (χ0) is 21.1. The van der Waals surface area contributed by atoms with Crippen molar-refractivity contribution in [3.63, 3.8) is 0 Å². The first kappa shape index (κ1) is 24.2. The predicted molar refractivity (Wildman–Crippen MR) is 118 cm³/mol. The monoisotopic (exact) mass is 427 g/mol. The topological polar surface area (TPSA) is 12.5 Å². The molecule has 0 spiro atoms. The number of benzene rings is 1. The minimum atomic E-state index is -4.23. The first-order valence-corrected chi connectivity index (χ1v) is 12.7. The van der Waals surface area contributed by atoms with Crippen molar-refractivity contribution in [1.29, 1.82) is 0 Å². The number of nitrogens with zero attached hydrogens (tertiary/aromatic N) is 1. The van der Waals surface area contributed by atoms with Gasteiger partial charge in [-0.1, -0.05) is 60.9 Å². The maximum absolute atomic E-state index is 13.0. The lowest BCUT2D eigenvalue weighted by atomic mass is 10.1. The fraction of sp³-hybridized carbons (Fsp3) is 0.652. The molecular formula is C23H36F3NOSi. The van der Waals surface area contributed by atoms with Gasteiger partial charge in [-0.25, -0.2) is 0 Å². The molecule has 1 heterocycles. The molecule has 2 nitrogen and oxygen atoms in total. The van der Waals surface area contributed by atoms with E-state index in [-0.39, 0.29) is 0 Å². The molecule has 0 aliphatic carbocycles. The summed E-state index contributed by atoms with van der Waals surface area (Å²) in [5.74, 6) is 0. The zero-order valence-electron chi connectivity index (χ0n) is 17.9. The van der Waals surface area contributed by atoms with Crippen molar-refractivity contribution in [2.75, 3.05) is 19.6 Å². The number of ether oxygens (including phenoxy) is 1. The Bertz CT molecular complexity index is 610. The standard InChI is InChI=1S/C23H36F3NOSi/c1-19-17-27(18-20(2)28-19)15-11-7-5-3-4-6-8-12-16-29-22-14-10-9-13-21(22)23(24,25)26/h8-10,12-14,19-20H,3-7,11,15-18,29H2,1-2H3. The first-order valence-electron chi connectivity index (χ1n) is 11.0. The van der Waals surface area contributed by atoms with Gasteiger partial charge in [-0.2, -0.15) is 13.2 Å². The number of unbranched alkanes of at least 4 members (excludes halogenated alkanes) is 5. The van der Waals surface area contributed by atoms with E-state index in [4.69, 9.17) is 4.74 Å². The molecule has 1 aromatic carbocycles. The van der Waals surface area contributed by atoms with Crippen LogP contribution in [0.4, 0.5) is 13.2 Å². The van der Waals surface area contributed by atoms with Crippen molar-refractivity contribution in [1.82, 2.24) is 4.90 Å². The Labute approximate surface area is 176 Å². The second kappa shape index (κ2) is 12.6. The van der Waals surface area contributed by atoms with Crippen LogP contribution in [0.2, 0.25) is 6.04 Å². The molecule has 1 saturated heterocycles. The van der Waals surface area contributed by atoms with Gasteiger partial charge in [-0.15, -0.1) is 0 Å². The van der Waals surface area contributed by atoms with E-state index < -0.39 is 21.3 Å². The molecule has 164 valence electrons. The van der Waals surface area contributed by atoms with Crippen LogP contribution in [0.1, 0.15) is 57.9 Å². The SMILES string of the molecule is CC1CN(CCCCCCCC=CC[SiH2]c2ccccc2C(F)(F)F)CC(C)O1. The lowest BCUT2D eigenvalue weighted by Crippen LogP contribution is -2.45. The van der Waals surface area contributed by atoms with Crippen LogP contribution in [0.15, 0.2) is 36.4 Å². The molecule has 0 radical (unpaired) electrons. The Morgan fingerprint density at radius 1 is 1.00 bits per heavy atom. The molecule has 1 aliphatic heterocycles. The van der Waals surface area contributed by atoms with E-state index in [1.807, 2.05) is 0 Å². The van der Waals surface area contributed by atoms with Crippen molar-refractivity contribution in [2.45, 2.75) is 76.8 Å². The molecule has 0 N–H and O–H groups in total. The van der Waals surface area contributed by atoms with Crippen LogP contribution in [0.5, 0.6) is 0 Å². The molecule has 0 saturated carbocycles. The summed E-state index contributed by atoms with van der Waals surface area (Å²) in [7, 11) is -0.909. The number of rotatable bonds is 11.